The standard InChI is InChI=1S/C14H11N3O2.C7H3FN2O2.C7H9N/c1-10-5-2-3-7-12(10)16-13-8-4-6-11(9-15)14(13)17(18)19;8-6-3-1-2-5(4-9)7(6)10(11)12;1-6-4-2-3-5-7(6)8/h2-8,16H,1H3;1-3H;2-5H,8H2,1H3. The molecular weight excluding hydrogens is 503 g/mol. The first-order chi connectivity index (χ1) is 18.6. The molecule has 4 aromatic carbocycles. The SMILES string of the molecule is Cc1ccccc1N.Cc1ccccc1Nc1cccc(C#N)c1[N+](=O)[O-].N#Cc1cccc(F)c1[N+](=O)[O-]. The Morgan fingerprint density at radius 2 is 1.21 bits per heavy atom. The van der Waals surface area contributed by atoms with Gasteiger partial charge in [0.05, 0.1) is 9.85 Å². The number of nitrogens with zero attached hydrogens (tertiary/aromatic N) is 4. The van der Waals surface area contributed by atoms with Crippen LogP contribution < -0.4 is 11.1 Å². The van der Waals surface area contributed by atoms with Gasteiger partial charge in [-0.15, -0.1) is 0 Å². The van der Waals surface area contributed by atoms with E-state index in [1.54, 1.807) is 12.1 Å². The number of nitrogens with two attached hydrogens (primary N) is 1. The van der Waals surface area contributed by atoms with Crippen molar-refractivity contribution >= 4 is 28.4 Å². The molecule has 0 atom stereocenters. The van der Waals surface area contributed by atoms with Gasteiger partial charge in [-0.25, -0.2) is 0 Å². The molecule has 0 bridgehead atoms. The Kier molecular flexibility index (Phi) is 10.6. The molecule has 0 saturated carbocycles. The lowest BCUT2D eigenvalue weighted by Gasteiger charge is -2.10. The normalized spacial score (nSPS) is 9.36. The van der Waals surface area contributed by atoms with Crippen molar-refractivity contribution < 1.29 is 14.2 Å². The largest absolute Gasteiger partial charge is 0.399 e. The predicted octanol–water partition coefficient (Wildman–Crippen LogP) is 6.70. The van der Waals surface area contributed by atoms with Crippen molar-refractivity contribution in [3.63, 3.8) is 0 Å². The molecule has 4 rings (SSSR count). The van der Waals surface area contributed by atoms with E-state index in [-0.39, 0.29) is 16.8 Å². The minimum Gasteiger partial charge on any atom is -0.399 e. The van der Waals surface area contributed by atoms with Crippen LogP contribution in [-0.2, 0) is 0 Å². The molecule has 0 saturated heterocycles. The molecule has 0 aliphatic heterocycles. The Bertz CT molecular complexity index is 1560. The van der Waals surface area contributed by atoms with Crippen LogP contribution in [0.5, 0.6) is 0 Å². The van der Waals surface area contributed by atoms with Crippen LogP contribution in [0.15, 0.2) is 84.9 Å². The molecule has 0 fully saturated rings. The maximum absolute atomic E-state index is 12.7. The lowest BCUT2D eigenvalue weighted by atomic mass is 10.1. The first-order valence-electron chi connectivity index (χ1n) is 11.2. The molecule has 0 aliphatic rings. The number of hydrogen-bond donors (Lipinski definition) is 2. The van der Waals surface area contributed by atoms with Gasteiger partial charge in [0, 0.05) is 11.4 Å². The smallest absolute Gasteiger partial charge is 0.322 e. The molecular formula is C28H23FN6O4. The third kappa shape index (κ3) is 8.10. The Morgan fingerprint density at radius 1 is 0.718 bits per heavy atom. The van der Waals surface area contributed by atoms with Gasteiger partial charge < -0.3 is 11.1 Å². The Balaban J connectivity index is 0.000000227. The molecule has 4 aromatic rings. The van der Waals surface area contributed by atoms with Crippen LogP contribution in [0.3, 0.4) is 0 Å². The molecule has 11 heteroatoms. The molecule has 0 amide bonds. The summed E-state index contributed by atoms with van der Waals surface area (Å²) in [4.78, 5) is 19.9. The average molecular weight is 527 g/mol. The number of nitro groups is 2. The van der Waals surface area contributed by atoms with Crippen LogP contribution in [0.2, 0.25) is 0 Å². The van der Waals surface area contributed by atoms with Crippen LogP contribution in [0, 0.1) is 62.6 Å². The fourth-order valence-corrected chi connectivity index (χ4v) is 3.17. The summed E-state index contributed by atoms with van der Waals surface area (Å²) in [6.07, 6.45) is 0. The average Bonchev–Trinajstić information content (AvgIpc) is 2.91. The maximum Gasteiger partial charge on any atom is 0.322 e. The van der Waals surface area contributed by atoms with E-state index in [1.165, 1.54) is 24.3 Å². The number of rotatable bonds is 4. The molecule has 0 spiro atoms. The second kappa shape index (κ2) is 14.1. The highest BCUT2D eigenvalue weighted by molar-refractivity contribution is 5.75. The second-order valence-corrected chi connectivity index (χ2v) is 7.87. The highest BCUT2D eigenvalue weighted by Crippen LogP contribution is 2.31. The topological polar surface area (TPSA) is 172 Å². The van der Waals surface area contributed by atoms with Gasteiger partial charge in [0.2, 0.25) is 5.82 Å². The second-order valence-electron chi connectivity index (χ2n) is 7.87. The van der Waals surface area contributed by atoms with E-state index >= 15 is 0 Å². The zero-order chi connectivity index (χ0) is 28.9. The van der Waals surface area contributed by atoms with Crippen LogP contribution in [0.1, 0.15) is 22.3 Å². The summed E-state index contributed by atoms with van der Waals surface area (Å²) in [7, 11) is 0. The number of benzene rings is 4. The number of halogens is 1. The number of nitrogens with one attached hydrogen (secondary N) is 1. The fraction of sp³-hybridized carbons (Fsp3) is 0.0714. The zero-order valence-electron chi connectivity index (χ0n) is 21.0. The number of aryl methyl sites for hydroxylation is 2. The van der Waals surface area contributed by atoms with E-state index in [0.717, 1.165) is 28.6 Å². The number of nitro benzene ring substituents is 2. The molecule has 0 aliphatic carbocycles. The van der Waals surface area contributed by atoms with E-state index in [1.807, 2.05) is 68.4 Å². The molecule has 10 nitrogen and oxygen atoms in total. The molecule has 39 heavy (non-hydrogen) atoms. The third-order valence-corrected chi connectivity index (χ3v) is 5.23. The van der Waals surface area contributed by atoms with Crippen molar-refractivity contribution in [2.45, 2.75) is 13.8 Å². The van der Waals surface area contributed by atoms with Gasteiger partial charge in [-0.1, -0.05) is 48.5 Å². The van der Waals surface area contributed by atoms with Crippen molar-refractivity contribution in [3.05, 3.63) is 133 Å². The van der Waals surface area contributed by atoms with Crippen molar-refractivity contribution in [2.24, 2.45) is 0 Å². The number of anilines is 3. The van der Waals surface area contributed by atoms with Crippen LogP contribution >= 0.6 is 0 Å². The first kappa shape index (κ1) is 29.4. The maximum atomic E-state index is 12.7. The molecule has 0 aromatic heterocycles. The predicted molar refractivity (Wildman–Crippen MR) is 146 cm³/mol. The minimum atomic E-state index is -0.987. The van der Waals surface area contributed by atoms with Gasteiger partial charge in [0.15, 0.2) is 0 Å². The number of nitriles is 2. The monoisotopic (exact) mass is 526 g/mol. The van der Waals surface area contributed by atoms with Gasteiger partial charge >= 0.3 is 11.4 Å². The van der Waals surface area contributed by atoms with Crippen LogP contribution in [0.25, 0.3) is 0 Å². The molecule has 0 unspecified atom stereocenters. The summed E-state index contributed by atoms with van der Waals surface area (Å²) in [6, 6.07) is 26.7. The quantitative estimate of drug-likeness (QED) is 0.168. The summed E-state index contributed by atoms with van der Waals surface area (Å²) in [5, 5.41) is 41.6. The summed E-state index contributed by atoms with van der Waals surface area (Å²) < 4.78 is 12.7. The number of hydrogen-bond acceptors (Lipinski definition) is 8. The van der Waals surface area contributed by atoms with Gasteiger partial charge in [-0.05, 0) is 61.4 Å². The lowest BCUT2D eigenvalue weighted by Crippen LogP contribution is -2.00. The highest BCUT2D eigenvalue weighted by atomic mass is 19.1. The zero-order valence-corrected chi connectivity index (χ0v) is 21.0. The van der Waals surface area contributed by atoms with Crippen molar-refractivity contribution in [1.29, 1.82) is 10.5 Å². The van der Waals surface area contributed by atoms with Crippen molar-refractivity contribution in [3.8, 4) is 12.1 Å². The van der Waals surface area contributed by atoms with Crippen molar-refractivity contribution in [2.75, 3.05) is 11.1 Å². The number of para-hydroxylation sites is 4. The van der Waals surface area contributed by atoms with Crippen LogP contribution in [-0.4, -0.2) is 9.85 Å². The molecule has 196 valence electrons. The Morgan fingerprint density at radius 3 is 1.67 bits per heavy atom. The number of nitrogen functional groups attached to an aromatic ring is 1. The fourth-order valence-electron chi connectivity index (χ4n) is 3.17. The third-order valence-electron chi connectivity index (χ3n) is 5.23. The van der Waals surface area contributed by atoms with Gasteiger partial charge in [-0.3, -0.25) is 20.2 Å². The first-order valence-corrected chi connectivity index (χ1v) is 11.2. The van der Waals surface area contributed by atoms with Crippen molar-refractivity contribution in [1.82, 2.24) is 0 Å². The lowest BCUT2D eigenvalue weighted by molar-refractivity contribution is -0.387. The summed E-state index contributed by atoms with van der Waals surface area (Å²) >= 11 is 0. The van der Waals surface area contributed by atoms with Gasteiger partial charge in [-0.2, -0.15) is 14.9 Å². The highest BCUT2D eigenvalue weighted by Gasteiger charge is 2.20. The summed E-state index contributed by atoms with van der Waals surface area (Å²) in [5.74, 6) is -0.987. The van der Waals surface area contributed by atoms with Crippen LogP contribution in [0.4, 0.5) is 32.8 Å². The summed E-state index contributed by atoms with van der Waals surface area (Å²) in [6.45, 7) is 3.90. The van der Waals surface area contributed by atoms with E-state index in [2.05, 4.69) is 5.32 Å². The van der Waals surface area contributed by atoms with Gasteiger partial charge in [0.1, 0.15) is 29.0 Å². The molecule has 3 N–H and O–H groups in total. The van der Waals surface area contributed by atoms with E-state index in [0.29, 0.717) is 5.69 Å². The minimum absolute atomic E-state index is 0.0450. The van der Waals surface area contributed by atoms with E-state index in [4.69, 9.17) is 16.3 Å². The Labute approximate surface area is 223 Å². The molecule has 0 heterocycles. The Hall–Kier alpha value is -5.81. The van der Waals surface area contributed by atoms with Gasteiger partial charge in [0.25, 0.3) is 0 Å². The van der Waals surface area contributed by atoms with E-state index < -0.39 is 21.4 Å². The van der Waals surface area contributed by atoms with E-state index in [9.17, 15) is 24.6 Å². The summed E-state index contributed by atoms with van der Waals surface area (Å²) in [5.41, 5.74) is 8.42. The molecule has 0 radical (unpaired) electrons.